The van der Waals surface area contributed by atoms with Crippen LogP contribution in [0.4, 0.5) is 0 Å². The van der Waals surface area contributed by atoms with Crippen LogP contribution in [-0.2, 0) is 20.9 Å². The van der Waals surface area contributed by atoms with Gasteiger partial charge in [0.15, 0.2) is 0 Å². The van der Waals surface area contributed by atoms with Gasteiger partial charge in [-0.05, 0) is 36.8 Å². The van der Waals surface area contributed by atoms with Crippen molar-refractivity contribution < 1.29 is 14.3 Å². The highest BCUT2D eigenvalue weighted by atomic mass is 35.5. The van der Waals surface area contributed by atoms with Gasteiger partial charge in [0.1, 0.15) is 6.61 Å². The standard InChI is InChI=1S/C20H24ClN3O3/c1-3-22(19(26)14-27-2)13-18(25)24-12-11-23-10-4-5-17(23)20(24)15-6-8-16(21)9-7-15/h4-10,20H,3,11-14H2,1-2H3/t20-/m1/s1. The predicted octanol–water partition coefficient (Wildman–Crippen LogP) is 2.57. The number of likely N-dealkylation sites (N-methyl/N-ethyl adjacent to an activating group) is 1. The van der Waals surface area contributed by atoms with Crippen molar-refractivity contribution in [3.05, 3.63) is 58.9 Å². The highest BCUT2D eigenvalue weighted by Gasteiger charge is 2.33. The molecule has 0 N–H and O–H groups in total. The first-order chi connectivity index (χ1) is 13.0. The minimum Gasteiger partial charge on any atom is -0.375 e. The highest BCUT2D eigenvalue weighted by molar-refractivity contribution is 6.30. The van der Waals surface area contributed by atoms with Crippen molar-refractivity contribution in [3.63, 3.8) is 0 Å². The van der Waals surface area contributed by atoms with Crippen molar-refractivity contribution in [2.45, 2.75) is 19.5 Å². The highest BCUT2D eigenvalue weighted by Crippen LogP contribution is 2.33. The summed E-state index contributed by atoms with van der Waals surface area (Å²) in [4.78, 5) is 28.6. The van der Waals surface area contributed by atoms with Crippen molar-refractivity contribution in [3.8, 4) is 0 Å². The molecule has 2 heterocycles. The van der Waals surface area contributed by atoms with Gasteiger partial charge < -0.3 is 19.1 Å². The number of hydrogen-bond acceptors (Lipinski definition) is 3. The zero-order valence-corrected chi connectivity index (χ0v) is 16.4. The molecule has 2 amide bonds. The molecule has 27 heavy (non-hydrogen) atoms. The maximum Gasteiger partial charge on any atom is 0.249 e. The number of hydrogen-bond donors (Lipinski definition) is 0. The molecule has 6 nitrogen and oxygen atoms in total. The molecular formula is C20H24ClN3O3. The zero-order chi connectivity index (χ0) is 19.4. The topological polar surface area (TPSA) is 54.8 Å². The molecule has 7 heteroatoms. The Kier molecular flexibility index (Phi) is 6.19. The third kappa shape index (κ3) is 4.17. The van der Waals surface area contributed by atoms with Crippen molar-refractivity contribution in [1.29, 1.82) is 0 Å². The summed E-state index contributed by atoms with van der Waals surface area (Å²) in [6.45, 7) is 3.66. The van der Waals surface area contributed by atoms with Gasteiger partial charge in [0.05, 0.1) is 12.6 Å². The van der Waals surface area contributed by atoms with Crippen LogP contribution in [0.2, 0.25) is 5.02 Å². The first kappa shape index (κ1) is 19.5. The van der Waals surface area contributed by atoms with Crippen LogP contribution in [0.25, 0.3) is 0 Å². The van der Waals surface area contributed by atoms with Gasteiger partial charge >= 0.3 is 0 Å². The van der Waals surface area contributed by atoms with E-state index in [9.17, 15) is 9.59 Å². The Morgan fingerprint density at radius 1 is 1.22 bits per heavy atom. The Labute approximate surface area is 164 Å². The molecule has 0 saturated carbocycles. The molecule has 1 atom stereocenters. The van der Waals surface area contributed by atoms with Crippen LogP contribution >= 0.6 is 11.6 Å². The van der Waals surface area contributed by atoms with Crippen LogP contribution in [0.5, 0.6) is 0 Å². The summed E-state index contributed by atoms with van der Waals surface area (Å²) in [6, 6.07) is 11.4. The van der Waals surface area contributed by atoms with E-state index in [0.29, 0.717) is 18.1 Å². The second-order valence-electron chi connectivity index (χ2n) is 6.51. The maximum absolute atomic E-state index is 13.1. The van der Waals surface area contributed by atoms with Gasteiger partial charge in [-0.15, -0.1) is 0 Å². The second-order valence-corrected chi connectivity index (χ2v) is 6.95. The molecule has 0 saturated heterocycles. The van der Waals surface area contributed by atoms with E-state index in [1.807, 2.05) is 54.4 Å². The van der Waals surface area contributed by atoms with Crippen LogP contribution in [0, 0.1) is 0 Å². The number of halogens is 1. The normalized spacial score (nSPS) is 16.1. The Bertz CT molecular complexity index is 803. The fourth-order valence-corrected chi connectivity index (χ4v) is 3.62. The van der Waals surface area contributed by atoms with E-state index in [-0.39, 0.29) is 31.0 Å². The molecule has 0 aliphatic carbocycles. The van der Waals surface area contributed by atoms with Gasteiger partial charge in [-0.2, -0.15) is 0 Å². The van der Waals surface area contributed by atoms with Crippen LogP contribution in [0.1, 0.15) is 24.2 Å². The van der Waals surface area contributed by atoms with Gasteiger partial charge in [-0.3, -0.25) is 9.59 Å². The SMILES string of the molecule is CCN(CC(=O)N1CCn2cccc2[C@H]1c1ccc(Cl)cc1)C(=O)COC. The number of aromatic nitrogens is 1. The summed E-state index contributed by atoms with van der Waals surface area (Å²) in [6.07, 6.45) is 2.03. The van der Waals surface area contributed by atoms with E-state index in [1.54, 1.807) is 0 Å². The molecule has 1 aliphatic rings. The smallest absolute Gasteiger partial charge is 0.249 e. The number of amides is 2. The van der Waals surface area contributed by atoms with Crippen LogP contribution in [0.3, 0.4) is 0 Å². The lowest BCUT2D eigenvalue weighted by molar-refractivity contribution is -0.143. The first-order valence-electron chi connectivity index (χ1n) is 9.01. The van der Waals surface area contributed by atoms with Gasteiger partial charge in [-0.1, -0.05) is 23.7 Å². The van der Waals surface area contributed by atoms with Gasteiger partial charge in [0.25, 0.3) is 0 Å². The fourth-order valence-electron chi connectivity index (χ4n) is 3.49. The summed E-state index contributed by atoms with van der Waals surface area (Å²) >= 11 is 6.04. The maximum atomic E-state index is 13.1. The molecule has 0 unspecified atom stereocenters. The molecule has 144 valence electrons. The first-order valence-corrected chi connectivity index (χ1v) is 9.39. The molecule has 1 aromatic carbocycles. The molecule has 0 spiro atoms. The van der Waals surface area contributed by atoms with E-state index in [0.717, 1.165) is 17.8 Å². The largest absolute Gasteiger partial charge is 0.375 e. The van der Waals surface area contributed by atoms with Gasteiger partial charge in [0, 0.05) is 43.7 Å². The lowest BCUT2D eigenvalue weighted by atomic mass is 10.00. The molecule has 3 rings (SSSR count). The van der Waals surface area contributed by atoms with E-state index < -0.39 is 0 Å². The summed E-state index contributed by atoms with van der Waals surface area (Å²) in [5.41, 5.74) is 2.06. The number of carbonyl (C=O) groups excluding carboxylic acids is 2. The number of carbonyl (C=O) groups is 2. The predicted molar refractivity (Wildman–Crippen MR) is 104 cm³/mol. The van der Waals surface area contributed by atoms with E-state index >= 15 is 0 Å². The van der Waals surface area contributed by atoms with Crippen LogP contribution in [0.15, 0.2) is 42.6 Å². The van der Waals surface area contributed by atoms with E-state index in [2.05, 4.69) is 4.57 Å². The minimum atomic E-state index is -0.199. The summed E-state index contributed by atoms with van der Waals surface area (Å²) < 4.78 is 7.08. The Balaban J connectivity index is 1.87. The number of nitrogens with zero attached hydrogens (tertiary/aromatic N) is 3. The van der Waals surface area contributed by atoms with Crippen molar-refractivity contribution in [2.75, 3.05) is 33.4 Å². The second kappa shape index (κ2) is 8.59. The quantitative estimate of drug-likeness (QED) is 0.763. The molecule has 1 aliphatic heterocycles. The zero-order valence-electron chi connectivity index (χ0n) is 15.6. The lowest BCUT2D eigenvalue weighted by Gasteiger charge is -2.38. The third-order valence-electron chi connectivity index (χ3n) is 4.87. The van der Waals surface area contributed by atoms with Crippen molar-refractivity contribution in [2.24, 2.45) is 0 Å². The lowest BCUT2D eigenvalue weighted by Crippen LogP contribution is -2.48. The van der Waals surface area contributed by atoms with Gasteiger partial charge in [0.2, 0.25) is 11.8 Å². The minimum absolute atomic E-state index is 0.0232. The third-order valence-corrected chi connectivity index (χ3v) is 5.12. The molecule has 1 aromatic heterocycles. The number of ether oxygens (including phenoxy) is 1. The number of methoxy groups -OCH3 is 1. The molecular weight excluding hydrogens is 366 g/mol. The number of rotatable bonds is 6. The fraction of sp³-hybridized carbons (Fsp3) is 0.400. The Morgan fingerprint density at radius 3 is 2.63 bits per heavy atom. The Morgan fingerprint density at radius 2 is 1.96 bits per heavy atom. The van der Waals surface area contributed by atoms with Crippen LogP contribution in [-0.4, -0.2) is 59.5 Å². The number of fused-ring (bicyclic) bond motifs is 1. The number of benzene rings is 1. The van der Waals surface area contributed by atoms with Crippen LogP contribution < -0.4 is 0 Å². The Hall–Kier alpha value is -2.31. The average molecular weight is 390 g/mol. The summed E-state index contributed by atoms with van der Waals surface area (Å²) in [5, 5.41) is 0.658. The molecule has 0 bridgehead atoms. The van der Waals surface area contributed by atoms with E-state index in [1.165, 1.54) is 12.0 Å². The summed E-state index contributed by atoms with van der Waals surface area (Å²) in [7, 11) is 1.48. The van der Waals surface area contributed by atoms with Gasteiger partial charge in [-0.25, -0.2) is 0 Å². The van der Waals surface area contributed by atoms with Crippen molar-refractivity contribution >= 4 is 23.4 Å². The molecule has 0 radical (unpaired) electrons. The monoisotopic (exact) mass is 389 g/mol. The average Bonchev–Trinajstić information content (AvgIpc) is 3.14. The molecule has 0 fully saturated rings. The van der Waals surface area contributed by atoms with E-state index in [4.69, 9.17) is 16.3 Å². The summed E-state index contributed by atoms with van der Waals surface area (Å²) in [5.74, 6) is -0.259. The molecule has 2 aromatic rings. The van der Waals surface area contributed by atoms with Crippen molar-refractivity contribution in [1.82, 2.24) is 14.4 Å².